The molecule has 1 fully saturated rings. The summed E-state index contributed by atoms with van der Waals surface area (Å²) in [6.07, 6.45) is 0.904. The van der Waals surface area contributed by atoms with Crippen molar-refractivity contribution in [3.05, 3.63) is 24.3 Å². The molecule has 1 aliphatic heterocycles. The van der Waals surface area contributed by atoms with Crippen molar-refractivity contribution < 1.29 is 13.2 Å². The molecule has 1 saturated heterocycles. The summed E-state index contributed by atoms with van der Waals surface area (Å²) in [6, 6.07) is 6.53. The summed E-state index contributed by atoms with van der Waals surface area (Å²) in [4.78, 5) is 0.322. The quantitative estimate of drug-likeness (QED) is 0.775. The average molecular weight is 336 g/mol. The highest BCUT2D eigenvalue weighted by Crippen LogP contribution is 2.22. The second kappa shape index (κ2) is 7.54. The van der Waals surface area contributed by atoms with E-state index in [0.29, 0.717) is 36.2 Å². The molecule has 0 aromatic heterocycles. The number of rotatable bonds is 5. The highest BCUT2D eigenvalue weighted by molar-refractivity contribution is 7.99. The summed E-state index contributed by atoms with van der Waals surface area (Å²) < 4.78 is 32.0. The molecule has 0 atom stereocenters. The normalized spacial score (nSPS) is 17.6. The Hall–Kier alpha value is -0.430. The maximum absolute atomic E-state index is 12.5. The van der Waals surface area contributed by atoms with Crippen LogP contribution in [0.2, 0.25) is 0 Å². The zero-order chi connectivity index (χ0) is 14.4. The van der Waals surface area contributed by atoms with Crippen LogP contribution in [0.4, 0.5) is 0 Å². The second-order valence-corrected chi connectivity index (χ2v) is 7.92. The summed E-state index contributed by atoms with van der Waals surface area (Å²) in [5.41, 5.74) is 0. The van der Waals surface area contributed by atoms with Gasteiger partial charge in [0.2, 0.25) is 10.0 Å². The van der Waals surface area contributed by atoms with Crippen molar-refractivity contribution >= 4 is 33.4 Å². The molecular formula is C13H18ClNO3S2. The monoisotopic (exact) mass is 335 g/mol. The smallest absolute Gasteiger partial charge is 0.243 e. The summed E-state index contributed by atoms with van der Waals surface area (Å²) >= 11 is 7.35. The number of ether oxygens (including phenoxy) is 1. The van der Waals surface area contributed by atoms with Crippen LogP contribution in [0.5, 0.6) is 5.75 Å². The predicted molar refractivity (Wildman–Crippen MR) is 83.4 cm³/mol. The van der Waals surface area contributed by atoms with Crippen molar-refractivity contribution in [1.82, 2.24) is 4.31 Å². The van der Waals surface area contributed by atoms with Crippen molar-refractivity contribution in [1.29, 1.82) is 0 Å². The Morgan fingerprint density at radius 2 is 1.95 bits per heavy atom. The molecule has 0 radical (unpaired) electrons. The Labute approximate surface area is 129 Å². The molecule has 0 saturated carbocycles. The maximum Gasteiger partial charge on any atom is 0.243 e. The van der Waals surface area contributed by atoms with E-state index in [-0.39, 0.29) is 0 Å². The van der Waals surface area contributed by atoms with Crippen LogP contribution in [0.3, 0.4) is 0 Å². The van der Waals surface area contributed by atoms with Crippen LogP contribution >= 0.6 is 23.4 Å². The first kappa shape index (κ1) is 15.9. The predicted octanol–water partition coefficient (Wildman–Crippen LogP) is 2.43. The molecule has 1 heterocycles. The number of thioether (sulfide) groups is 1. The number of halogens is 1. The Balaban J connectivity index is 2.12. The van der Waals surface area contributed by atoms with Gasteiger partial charge in [0.1, 0.15) is 12.4 Å². The van der Waals surface area contributed by atoms with Crippen LogP contribution in [0.1, 0.15) is 6.42 Å². The summed E-state index contributed by atoms with van der Waals surface area (Å²) in [6.45, 7) is 1.59. The highest BCUT2D eigenvalue weighted by Gasteiger charge is 2.25. The Bertz CT molecular complexity index is 511. The minimum atomic E-state index is -3.38. The van der Waals surface area contributed by atoms with Gasteiger partial charge in [0.25, 0.3) is 0 Å². The molecule has 1 aromatic rings. The minimum Gasteiger partial charge on any atom is -0.492 e. The molecule has 20 heavy (non-hydrogen) atoms. The number of hydrogen-bond acceptors (Lipinski definition) is 4. The van der Waals surface area contributed by atoms with E-state index in [1.54, 1.807) is 40.3 Å². The van der Waals surface area contributed by atoms with Crippen LogP contribution in [0.25, 0.3) is 0 Å². The van der Waals surface area contributed by atoms with E-state index in [1.807, 2.05) is 0 Å². The molecule has 0 spiro atoms. The average Bonchev–Trinajstić information content (AvgIpc) is 2.75. The maximum atomic E-state index is 12.5. The lowest BCUT2D eigenvalue weighted by molar-refractivity contribution is 0.342. The molecule has 1 aliphatic rings. The van der Waals surface area contributed by atoms with Crippen LogP contribution in [-0.4, -0.2) is 49.8 Å². The fraction of sp³-hybridized carbons (Fsp3) is 0.538. The van der Waals surface area contributed by atoms with E-state index in [1.165, 1.54) is 0 Å². The topological polar surface area (TPSA) is 46.6 Å². The number of hydrogen-bond donors (Lipinski definition) is 0. The lowest BCUT2D eigenvalue weighted by Crippen LogP contribution is -2.32. The number of benzene rings is 1. The Morgan fingerprint density at radius 1 is 1.20 bits per heavy atom. The van der Waals surface area contributed by atoms with E-state index in [4.69, 9.17) is 16.3 Å². The van der Waals surface area contributed by atoms with Crippen LogP contribution in [0, 0.1) is 0 Å². The van der Waals surface area contributed by atoms with Crippen molar-refractivity contribution in [2.75, 3.05) is 37.1 Å². The molecule has 0 unspecified atom stereocenters. The molecule has 2 rings (SSSR count). The van der Waals surface area contributed by atoms with Crippen molar-refractivity contribution in [2.24, 2.45) is 0 Å². The van der Waals surface area contributed by atoms with Gasteiger partial charge in [0.05, 0.1) is 10.8 Å². The Kier molecular flexibility index (Phi) is 6.01. The third kappa shape index (κ3) is 4.04. The summed E-state index contributed by atoms with van der Waals surface area (Å²) in [5.74, 6) is 2.93. The van der Waals surface area contributed by atoms with E-state index in [9.17, 15) is 8.42 Å². The zero-order valence-corrected chi connectivity index (χ0v) is 13.5. The van der Waals surface area contributed by atoms with Crippen molar-refractivity contribution in [3.63, 3.8) is 0 Å². The van der Waals surface area contributed by atoms with Crippen molar-refractivity contribution in [2.45, 2.75) is 11.3 Å². The van der Waals surface area contributed by atoms with E-state index in [2.05, 4.69) is 0 Å². The first-order valence-electron chi connectivity index (χ1n) is 6.51. The van der Waals surface area contributed by atoms with Gasteiger partial charge in [-0.05, 0) is 36.4 Å². The number of nitrogens with zero attached hydrogens (tertiary/aromatic N) is 1. The standard InChI is InChI=1S/C13H18ClNO3S2/c14-6-9-18-12-2-4-13(5-3-12)20(16,17)15-7-1-10-19-11-8-15/h2-5H,1,6-11H2. The van der Waals surface area contributed by atoms with Gasteiger partial charge >= 0.3 is 0 Å². The molecular weight excluding hydrogens is 318 g/mol. The zero-order valence-electron chi connectivity index (χ0n) is 11.1. The molecule has 4 nitrogen and oxygen atoms in total. The SMILES string of the molecule is O=S(=O)(c1ccc(OCCCl)cc1)N1CCCSCC1. The van der Waals surface area contributed by atoms with Crippen LogP contribution in [0.15, 0.2) is 29.2 Å². The van der Waals surface area contributed by atoms with Gasteiger partial charge in [-0.2, -0.15) is 16.1 Å². The Morgan fingerprint density at radius 3 is 2.65 bits per heavy atom. The molecule has 0 bridgehead atoms. The van der Waals surface area contributed by atoms with E-state index in [0.717, 1.165) is 17.9 Å². The number of alkyl halides is 1. The first-order chi connectivity index (χ1) is 9.64. The largest absolute Gasteiger partial charge is 0.492 e. The third-order valence-corrected chi connectivity index (χ3v) is 6.10. The van der Waals surface area contributed by atoms with Crippen LogP contribution in [-0.2, 0) is 10.0 Å². The molecule has 1 aromatic carbocycles. The molecule has 112 valence electrons. The molecule has 0 N–H and O–H groups in total. The summed E-state index contributed by atoms with van der Waals surface area (Å²) in [7, 11) is -3.38. The fourth-order valence-corrected chi connectivity index (χ4v) is 4.54. The van der Waals surface area contributed by atoms with Gasteiger partial charge in [-0.3, -0.25) is 0 Å². The molecule has 0 aliphatic carbocycles. The third-order valence-electron chi connectivity index (χ3n) is 2.99. The van der Waals surface area contributed by atoms with E-state index < -0.39 is 10.0 Å². The van der Waals surface area contributed by atoms with Gasteiger partial charge in [0, 0.05) is 18.8 Å². The van der Waals surface area contributed by atoms with E-state index >= 15 is 0 Å². The van der Waals surface area contributed by atoms with Crippen molar-refractivity contribution in [3.8, 4) is 5.75 Å². The van der Waals surface area contributed by atoms with Gasteiger partial charge in [-0.15, -0.1) is 11.6 Å². The minimum absolute atomic E-state index is 0.322. The lowest BCUT2D eigenvalue weighted by Gasteiger charge is -2.19. The van der Waals surface area contributed by atoms with Gasteiger partial charge in [0.15, 0.2) is 0 Å². The molecule has 0 amide bonds. The number of sulfonamides is 1. The first-order valence-corrected chi connectivity index (χ1v) is 9.64. The molecule has 7 heteroatoms. The van der Waals surface area contributed by atoms with Crippen LogP contribution < -0.4 is 4.74 Å². The lowest BCUT2D eigenvalue weighted by atomic mass is 10.3. The highest BCUT2D eigenvalue weighted by atomic mass is 35.5. The second-order valence-electron chi connectivity index (χ2n) is 4.38. The van der Waals surface area contributed by atoms with Gasteiger partial charge in [-0.1, -0.05) is 0 Å². The summed E-state index contributed by atoms with van der Waals surface area (Å²) in [5, 5.41) is 0. The van der Waals surface area contributed by atoms with Gasteiger partial charge < -0.3 is 4.74 Å². The fourth-order valence-electron chi connectivity index (χ4n) is 1.98. The van der Waals surface area contributed by atoms with Gasteiger partial charge in [-0.25, -0.2) is 8.42 Å².